The van der Waals surface area contributed by atoms with Crippen molar-refractivity contribution in [3.63, 3.8) is 0 Å². The molecule has 0 saturated heterocycles. The normalized spacial score (nSPS) is 10.6. The van der Waals surface area contributed by atoms with E-state index in [1.165, 1.54) is 0 Å². The standard InChI is InChI=1S/C18H21ClN2O2/c1-12(2)8-9-23-15-5-3-4-13(10-15)18(22)21-14-6-7-16(19)17(20)11-14/h3-7,10-12H,8-9,20H2,1-2H3,(H,21,22). The van der Waals surface area contributed by atoms with Gasteiger partial charge in [-0.2, -0.15) is 0 Å². The maximum Gasteiger partial charge on any atom is 0.255 e. The molecule has 0 aliphatic rings. The van der Waals surface area contributed by atoms with Crippen LogP contribution in [0, 0.1) is 5.92 Å². The Morgan fingerprint density at radius 1 is 1.26 bits per heavy atom. The van der Waals surface area contributed by atoms with E-state index in [1.807, 2.05) is 6.07 Å². The van der Waals surface area contributed by atoms with Gasteiger partial charge in [-0.3, -0.25) is 4.79 Å². The van der Waals surface area contributed by atoms with Gasteiger partial charge in [-0.1, -0.05) is 31.5 Å². The summed E-state index contributed by atoms with van der Waals surface area (Å²) in [4.78, 5) is 12.3. The highest BCUT2D eigenvalue weighted by molar-refractivity contribution is 6.33. The topological polar surface area (TPSA) is 64.3 Å². The first-order valence-electron chi connectivity index (χ1n) is 7.55. The maximum absolute atomic E-state index is 12.3. The number of hydrogen-bond donors (Lipinski definition) is 2. The van der Waals surface area contributed by atoms with E-state index in [9.17, 15) is 4.79 Å². The van der Waals surface area contributed by atoms with Gasteiger partial charge >= 0.3 is 0 Å². The number of benzene rings is 2. The fraction of sp³-hybridized carbons (Fsp3) is 0.278. The Balaban J connectivity index is 2.02. The molecule has 3 N–H and O–H groups in total. The summed E-state index contributed by atoms with van der Waals surface area (Å²) in [6.07, 6.45) is 0.973. The SMILES string of the molecule is CC(C)CCOc1cccc(C(=O)Nc2ccc(Cl)c(N)c2)c1. The van der Waals surface area contributed by atoms with E-state index in [0.29, 0.717) is 40.2 Å². The van der Waals surface area contributed by atoms with E-state index >= 15 is 0 Å². The summed E-state index contributed by atoms with van der Waals surface area (Å²) in [5.74, 6) is 1.05. The smallest absolute Gasteiger partial charge is 0.255 e. The molecule has 2 rings (SSSR count). The summed E-state index contributed by atoms with van der Waals surface area (Å²) in [6, 6.07) is 12.1. The van der Waals surface area contributed by atoms with E-state index in [1.54, 1.807) is 36.4 Å². The maximum atomic E-state index is 12.3. The number of anilines is 2. The van der Waals surface area contributed by atoms with Crippen molar-refractivity contribution in [3.8, 4) is 5.75 Å². The van der Waals surface area contributed by atoms with Crippen LogP contribution >= 0.6 is 11.6 Å². The number of rotatable bonds is 6. The molecule has 0 aliphatic heterocycles. The molecule has 122 valence electrons. The van der Waals surface area contributed by atoms with Gasteiger partial charge in [-0.25, -0.2) is 0 Å². The molecule has 0 atom stereocenters. The number of nitrogens with one attached hydrogen (secondary N) is 1. The Bertz CT molecular complexity index is 686. The minimum absolute atomic E-state index is 0.221. The van der Waals surface area contributed by atoms with Crippen molar-refractivity contribution < 1.29 is 9.53 Å². The van der Waals surface area contributed by atoms with Crippen LogP contribution in [-0.2, 0) is 0 Å². The summed E-state index contributed by atoms with van der Waals surface area (Å²) < 4.78 is 5.68. The molecule has 23 heavy (non-hydrogen) atoms. The average molecular weight is 333 g/mol. The van der Waals surface area contributed by atoms with Crippen molar-refractivity contribution in [2.24, 2.45) is 5.92 Å². The first kappa shape index (κ1) is 17.2. The Kier molecular flexibility index (Phi) is 5.88. The van der Waals surface area contributed by atoms with Crippen LogP contribution in [0.15, 0.2) is 42.5 Å². The van der Waals surface area contributed by atoms with Crippen molar-refractivity contribution >= 4 is 28.9 Å². The third-order valence-electron chi connectivity index (χ3n) is 3.31. The Hall–Kier alpha value is -2.20. The van der Waals surface area contributed by atoms with Gasteiger partial charge in [0.05, 0.1) is 17.3 Å². The molecule has 0 bridgehead atoms. The quantitative estimate of drug-likeness (QED) is 0.760. The minimum atomic E-state index is -0.221. The van der Waals surface area contributed by atoms with Crippen LogP contribution in [0.3, 0.4) is 0 Å². The summed E-state index contributed by atoms with van der Waals surface area (Å²) in [5, 5.41) is 3.26. The fourth-order valence-corrected chi connectivity index (χ4v) is 2.08. The number of halogens is 1. The number of ether oxygens (including phenoxy) is 1. The molecule has 0 saturated carbocycles. The van der Waals surface area contributed by atoms with Crippen LogP contribution in [-0.4, -0.2) is 12.5 Å². The first-order valence-corrected chi connectivity index (χ1v) is 7.92. The van der Waals surface area contributed by atoms with E-state index < -0.39 is 0 Å². The number of nitrogen functional groups attached to an aromatic ring is 1. The Labute approximate surface area is 141 Å². The number of hydrogen-bond acceptors (Lipinski definition) is 3. The zero-order chi connectivity index (χ0) is 16.8. The van der Waals surface area contributed by atoms with Crippen molar-refractivity contribution in [1.82, 2.24) is 0 Å². The van der Waals surface area contributed by atoms with Crippen LogP contribution in [0.1, 0.15) is 30.6 Å². The van der Waals surface area contributed by atoms with Gasteiger partial charge < -0.3 is 15.8 Å². The minimum Gasteiger partial charge on any atom is -0.494 e. The summed E-state index contributed by atoms with van der Waals surface area (Å²) in [7, 11) is 0. The lowest BCUT2D eigenvalue weighted by atomic mass is 10.1. The largest absolute Gasteiger partial charge is 0.494 e. The van der Waals surface area contributed by atoms with Gasteiger partial charge in [0, 0.05) is 11.3 Å². The number of carbonyl (C=O) groups excluding carboxylic acids is 1. The molecule has 4 nitrogen and oxygen atoms in total. The molecule has 0 fully saturated rings. The molecular weight excluding hydrogens is 312 g/mol. The van der Waals surface area contributed by atoms with Crippen LogP contribution in [0.5, 0.6) is 5.75 Å². The lowest BCUT2D eigenvalue weighted by Crippen LogP contribution is -2.12. The number of carbonyl (C=O) groups is 1. The molecule has 0 aliphatic carbocycles. The van der Waals surface area contributed by atoms with E-state index in [2.05, 4.69) is 19.2 Å². The molecule has 2 aromatic carbocycles. The number of nitrogens with two attached hydrogens (primary N) is 1. The monoisotopic (exact) mass is 332 g/mol. The second kappa shape index (κ2) is 7.88. The van der Waals surface area contributed by atoms with Gasteiger partial charge in [0.15, 0.2) is 0 Å². The zero-order valence-electron chi connectivity index (χ0n) is 13.3. The molecule has 0 heterocycles. The predicted octanol–water partition coefficient (Wildman–Crippen LogP) is 4.60. The van der Waals surface area contributed by atoms with Gasteiger partial charge in [-0.15, -0.1) is 0 Å². The van der Waals surface area contributed by atoms with E-state index in [4.69, 9.17) is 22.1 Å². The highest BCUT2D eigenvalue weighted by atomic mass is 35.5. The molecule has 2 aromatic rings. The molecule has 0 unspecified atom stereocenters. The van der Waals surface area contributed by atoms with Crippen molar-refractivity contribution in [2.75, 3.05) is 17.7 Å². The fourth-order valence-electron chi connectivity index (χ4n) is 1.96. The molecule has 0 radical (unpaired) electrons. The molecule has 5 heteroatoms. The van der Waals surface area contributed by atoms with Crippen molar-refractivity contribution in [3.05, 3.63) is 53.1 Å². The van der Waals surface area contributed by atoms with Gasteiger partial charge in [0.2, 0.25) is 0 Å². The Morgan fingerprint density at radius 2 is 2.04 bits per heavy atom. The van der Waals surface area contributed by atoms with E-state index in [0.717, 1.165) is 6.42 Å². The van der Waals surface area contributed by atoms with Crippen molar-refractivity contribution in [2.45, 2.75) is 20.3 Å². The second-order valence-corrected chi connectivity index (χ2v) is 6.16. The molecule has 1 amide bonds. The molecular formula is C18H21ClN2O2. The van der Waals surface area contributed by atoms with Gasteiger partial charge in [0.1, 0.15) is 5.75 Å². The summed E-state index contributed by atoms with van der Waals surface area (Å²) >= 11 is 5.87. The first-order chi connectivity index (χ1) is 11.0. The lowest BCUT2D eigenvalue weighted by molar-refractivity contribution is 0.102. The third kappa shape index (κ3) is 5.18. The third-order valence-corrected chi connectivity index (χ3v) is 3.66. The van der Waals surface area contributed by atoms with Crippen LogP contribution in [0.4, 0.5) is 11.4 Å². The molecule has 0 aromatic heterocycles. The van der Waals surface area contributed by atoms with Crippen molar-refractivity contribution in [1.29, 1.82) is 0 Å². The molecule has 0 spiro atoms. The lowest BCUT2D eigenvalue weighted by Gasteiger charge is -2.10. The van der Waals surface area contributed by atoms with Crippen LogP contribution < -0.4 is 15.8 Å². The van der Waals surface area contributed by atoms with Gasteiger partial charge in [0.25, 0.3) is 5.91 Å². The second-order valence-electron chi connectivity index (χ2n) is 5.75. The highest BCUT2D eigenvalue weighted by Gasteiger charge is 2.08. The predicted molar refractivity (Wildman–Crippen MR) is 95.2 cm³/mol. The summed E-state index contributed by atoms with van der Waals surface area (Å²) in [6.45, 7) is 4.92. The van der Waals surface area contributed by atoms with Crippen LogP contribution in [0.2, 0.25) is 5.02 Å². The van der Waals surface area contributed by atoms with Gasteiger partial charge in [-0.05, 0) is 48.7 Å². The average Bonchev–Trinajstić information content (AvgIpc) is 2.51. The van der Waals surface area contributed by atoms with E-state index in [-0.39, 0.29) is 5.91 Å². The highest BCUT2D eigenvalue weighted by Crippen LogP contribution is 2.23. The number of amides is 1. The zero-order valence-corrected chi connectivity index (χ0v) is 14.1. The summed E-state index contributed by atoms with van der Waals surface area (Å²) in [5.41, 5.74) is 7.29. The van der Waals surface area contributed by atoms with Crippen LogP contribution in [0.25, 0.3) is 0 Å². The Morgan fingerprint density at radius 3 is 2.74 bits per heavy atom.